The highest BCUT2D eigenvalue weighted by Crippen LogP contribution is 2.17. The first-order valence-electron chi connectivity index (χ1n) is 6.88. The van der Waals surface area contributed by atoms with E-state index in [1.54, 1.807) is 0 Å². The lowest BCUT2D eigenvalue weighted by Gasteiger charge is -2.20. The molecule has 0 radical (unpaired) electrons. The molecule has 0 aliphatic heterocycles. The van der Waals surface area contributed by atoms with Crippen molar-refractivity contribution >= 4 is 11.8 Å². The Morgan fingerprint density at radius 3 is 2.70 bits per heavy atom. The highest BCUT2D eigenvalue weighted by Gasteiger charge is 2.08. The van der Waals surface area contributed by atoms with Gasteiger partial charge in [0.25, 0.3) is 0 Å². The van der Waals surface area contributed by atoms with Crippen LogP contribution < -0.4 is 10.2 Å². The third-order valence-electron chi connectivity index (χ3n) is 3.13. The number of likely N-dealkylation sites (N-methyl/N-ethyl adjacent to an activating group) is 1. The predicted octanol–water partition coefficient (Wildman–Crippen LogP) is 2.29. The average Bonchev–Trinajstić information content (AvgIpc) is 2.48. The Hall–Kier alpha value is -2.17. The number of hydrogen-bond acceptors (Lipinski definition) is 5. The average molecular weight is 271 g/mol. The van der Waals surface area contributed by atoms with Gasteiger partial charge < -0.3 is 10.2 Å². The van der Waals surface area contributed by atoms with Gasteiger partial charge in [-0.2, -0.15) is 4.98 Å². The van der Waals surface area contributed by atoms with Crippen molar-refractivity contribution in [3.05, 3.63) is 41.9 Å². The van der Waals surface area contributed by atoms with Crippen LogP contribution in [0.4, 0.5) is 11.8 Å². The molecule has 1 N–H and O–H groups in total. The van der Waals surface area contributed by atoms with E-state index in [1.807, 2.05) is 44.6 Å². The van der Waals surface area contributed by atoms with Crippen molar-refractivity contribution in [1.82, 2.24) is 15.0 Å². The number of nitrogens with zero attached hydrogens (tertiary/aromatic N) is 4. The predicted molar refractivity (Wildman–Crippen MR) is 82.1 cm³/mol. The molecule has 0 fully saturated rings. The molecular formula is C15H21N5. The van der Waals surface area contributed by atoms with Gasteiger partial charge in [0.05, 0.1) is 0 Å². The van der Waals surface area contributed by atoms with Crippen molar-refractivity contribution in [2.45, 2.75) is 20.3 Å². The maximum absolute atomic E-state index is 4.57. The second-order valence-electron chi connectivity index (χ2n) is 4.76. The van der Waals surface area contributed by atoms with E-state index in [-0.39, 0.29) is 0 Å². The van der Waals surface area contributed by atoms with Crippen molar-refractivity contribution in [3.8, 4) is 0 Å². The van der Waals surface area contributed by atoms with Crippen LogP contribution in [0.3, 0.4) is 0 Å². The molecule has 0 aliphatic carbocycles. The third-order valence-corrected chi connectivity index (χ3v) is 3.13. The lowest BCUT2D eigenvalue weighted by Crippen LogP contribution is -2.23. The first kappa shape index (κ1) is 14.2. The van der Waals surface area contributed by atoms with Crippen LogP contribution in [-0.2, 0) is 6.42 Å². The lowest BCUT2D eigenvalue weighted by molar-refractivity contribution is 0.848. The van der Waals surface area contributed by atoms with Crippen molar-refractivity contribution in [2.24, 2.45) is 0 Å². The zero-order valence-electron chi connectivity index (χ0n) is 12.3. The highest BCUT2D eigenvalue weighted by atomic mass is 15.2. The number of rotatable bonds is 6. The summed E-state index contributed by atoms with van der Waals surface area (Å²) in [4.78, 5) is 15.0. The van der Waals surface area contributed by atoms with E-state index >= 15 is 0 Å². The minimum absolute atomic E-state index is 0.684. The molecule has 0 spiro atoms. The van der Waals surface area contributed by atoms with Crippen molar-refractivity contribution < 1.29 is 0 Å². The fourth-order valence-corrected chi connectivity index (χ4v) is 2.01. The Kier molecular flexibility index (Phi) is 4.87. The van der Waals surface area contributed by atoms with Gasteiger partial charge in [0.2, 0.25) is 5.95 Å². The Bertz CT molecular complexity index is 541. The summed E-state index contributed by atoms with van der Waals surface area (Å²) >= 11 is 0. The maximum atomic E-state index is 4.57. The van der Waals surface area contributed by atoms with Crippen LogP contribution in [0, 0.1) is 6.92 Å². The molecule has 2 rings (SSSR count). The minimum Gasteiger partial charge on any atom is -0.359 e. The van der Waals surface area contributed by atoms with Crippen LogP contribution in [0.25, 0.3) is 0 Å². The first-order chi connectivity index (χ1) is 9.70. The highest BCUT2D eigenvalue weighted by molar-refractivity contribution is 5.48. The molecule has 2 heterocycles. The Balaban J connectivity index is 2.04. The van der Waals surface area contributed by atoms with E-state index in [4.69, 9.17) is 0 Å². The first-order valence-corrected chi connectivity index (χ1v) is 6.88. The number of anilines is 2. The SMILES string of the molecule is CCNc1ncc(C)c(N(C)CCc2ccncc2)n1. The standard InChI is InChI=1S/C15H21N5/c1-4-17-15-18-11-12(2)14(19-15)20(3)10-7-13-5-8-16-9-6-13/h5-6,8-9,11H,4,7,10H2,1-3H3,(H,17,18,19). The fourth-order valence-electron chi connectivity index (χ4n) is 2.01. The largest absolute Gasteiger partial charge is 0.359 e. The van der Waals surface area contributed by atoms with Crippen molar-refractivity contribution in [1.29, 1.82) is 0 Å². The molecular weight excluding hydrogens is 250 g/mol. The molecule has 5 heteroatoms. The summed E-state index contributed by atoms with van der Waals surface area (Å²) in [5, 5.41) is 3.15. The molecule has 0 saturated carbocycles. The summed E-state index contributed by atoms with van der Waals surface area (Å²) in [6.45, 7) is 5.81. The summed E-state index contributed by atoms with van der Waals surface area (Å²) in [5.41, 5.74) is 2.37. The van der Waals surface area contributed by atoms with Gasteiger partial charge in [-0.05, 0) is 38.0 Å². The van der Waals surface area contributed by atoms with E-state index < -0.39 is 0 Å². The van der Waals surface area contributed by atoms with E-state index in [9.17, 15) is 0 Å². The summed E-state index contributed by atoms with van der Waals surface area (Å²) in [6, 6.07) is 4.09. The maximum Gasteiger partial charge on any atom is 0.224 e. The fraction of sp³-hybridized carbons (Fsp3) is 0.400. The zero-order valence-corrected chi connectivity index (χ0v) is 12.3. The molecule has 0 bridgehead atoms. The molecule has 0 saturated heterocycles. The number of aromatic nitrogens is 3. The summed E-state index contributed by atoms with van der Waals surface area (Å²) in [6.07, 6.45) is 6.49. The lowest BCUT2D eigenvalue weighted by atomic mass is 10.2. The molecule has 0 amide bonds. The normalized spacial score (nSPS) is 10.3. The van der Waals surface area contributed by atoms with Gasteiger partial charge in [0.1, 0.15) is 5.82 Å². The number of pyridine rings is 1. The van der Waals surface area contributed by atoms with Gasteiger partial charge in [-0.1, -0.05) is 0 Å². The summed E-state index contributed by atoms with van der Waals surface area (Å²) < 4.78 is 0. The van der Waals surface area contributed by atoms with Gasteiger partial charge in [-0.3, -0.25) is 4.98 Å². The zero-order chi connectivity index (χ0) is 14.4. The third kappa shape index (κ3) is 3.66. The van der Waals surface area contributed by atoms with E-state index in [1.165, 1.54) is 5.56 Å². The molecule has 0 aliphatic rings. The summed E-state index contributed by atoms with van der Waals surface area (Å²) in [7, 11) is 2.06. The number of hydrogen-bond donors (Lipinski definition) is 1. The van der Waals surface area contributed by atoms with Crippen LogP contribution in [-0.4, -0.2) is 35.1 Å². The van der Waals surface area contributed by atoms with Crippen LogP contribution in [0.1, 0.15) is 18.1 Å². The summed E-state index contributed by atoms with van der Waals surface area (Å²) in [5.74, 6) is 1.66. The second-order valence-corrected chi connectivity index (χ2v) is 4.76. The quantitative estimate of drug-likeness (QED) is 0.873. The molecule has 2 aromatic heterocycles. The molecule has 2 aromatic rings. The Morgan fingerprint density at radius 2 is 2.00 bits per heavy atom. The smallest absolute Gasteiger partial charge is 0.224 e. The topological polar surface area (TPSA) is 53.9 Å². The molecule has 20 heavy (non-hydrogen) atoms. The minimum atomic E-state index is 0.684. The van der Waals surface area contributed by atoms with Crippen LogP contribution in [0.5, 0.6) is 0 Å². The molecule has 0 unspecified atom stereocenters. The van der Waals surface area contributed by atoms with Crippen LogP contribution in [0.2, 0.25) is 0 Å². The van der Waals surface area contributed by atoms with Crippen molar-refractivity contribution in [2.75, 3.05) is 30.4 Å². The van der Waals surface area contributed by atoms with E-state index in [0.717, 1.165) is 30.9 Å². The number of aryl methyl sites for hydroxylation is 1. The molecule has 0 atom stereocenters. The van der Waals surface area contributed by atoms with Crippen LogP contribution in [0.15, 0.2) is 30.7 Å². The van der Waals surface area contributed by atoms with Gasteiger partial charge in [-0.15, -0.1) is 0 Å². The number of nitrogens with one attached hydrogen (secondary N) is 1. The van der Waals surface area contributed by atoms with E-state index in [2.05, 4.69) is 32.2 Å². The van der Waals surface area contributed by atoms with Crippen LogP contribution >= 0.6 is 0 Å². The Labute approximate surface area is 120 Å². The van der Waals surface area contributed by atoms with Gasteiger partial charge in [0.15, 0.2) is 0 Å². The monoisotopic (exact) mass is 271 g/mol. The Morgan fingerprint density at radius 1 is 1.25 bits per heavy atom. The van der Waals surface area contributed by atoms with Gasteiger partial charge >= 0.3 is 0 Å². The van der Waals surface area contributed by atoms with Gasteiger partial charge in [-0.25, -0.2) is 4.98 Å². The molecule has 5 nitrogen and oxygen atoms in total. The van der Waals surface area contributed by atoms with Crippen molar-refractivity contribution in [3.63, 3.8) is 0 Å². The van der Waals surface area contributed by atoms with E-state index in [0.29, 0.717) is 5.95 Å². The molecule has 106 valence electrons. The molecule has 0 aromatic carbocycles. The van der Waals surface area contributed by atoms with Gasteiger partial charge in [0, 0.05) is 44.3 Å². The second kappa shape index (κ2) is 6.84.